The van der Waals surface area contributed by atoms with Gasteiger partial charge in [-0.25, -0.2) is 13.1 Å². The van der Waals surface area contributed by atoms with Crippen molar-refractivity contribution < 1.29 is 17.7 Å². The molecule has 11 heteroatoms. The number of anilines is 1. The molecule has 1 amide bonds. The molecule has 4 N–H and O–H groups in total. The van der Waals surface area contributed by atoms with E-state index < -0.39 is 10.0 Å². The minimum atomic E-state index is -3.34. The van der Waals surface area contributed by atoms with Crippen molar-refractivity contribution in [3.05, 3.63) is 46.7 Å². The van der Waals surface area contributed by atoms with E-state index in [1.165, 1.54) is 4.90 Å². The standard InChI is InChI=1S/C19H22ClN5O4S/c1-4-30(27,28)23-10-12-6-5-11(7-14(12)20)16-17(29-24-18(16)21)13-8-15(22-9-13)19(26)25(2)3/h5-9,22-23H,4,10H2,1-3H3,(H2,21,24). The number of carbonyl (C=O) groups is 1. The fourth-order valence-corrected chi connectivity index (χ4v) is 3.63. The van der Waals surface area contributed by atoms with Crippen molar-refractivity contribution >= 4 is 33.3 Å². The van der Waals surface area contributed by atoms with Crippen LogP contribution in [0.15, 0.2) is 35.0 Å². The number of hydrogen-bond acceptors (Lipinski definition) is 6. The molecule has 160 valence electrons. The monoisotopic (exact) mass is 451 g/mol. The van der Waals surface area contributed by atoms with Crippen LogP contribution in [0.1, 0.15) is 23.0 Å². The van der Waals surface area contributed by atoms with Gasteiger partial charge in [0.15, 0.2) is 11.6 Å². The summed E-state index contributed by atoms with van der Waals surface area (Å²) < 4.78 is 31.2. The molecule has 0 bridgehead atoms. The Morgan fingerprint density at radius 3 is 2.67 bits per heavy atom. The third-order valence-corrected chi connectivity index (χ3v) is 6.20. The van der Waals surface area contributed by atoms with Crippen LogP contribution in [-0.2, 0) is 16.6 Å². The molecule has 0 unspecified atom stereocenters. The van der Waals surface area contributed by atoms with Gasteiger partial charge in [-0.3, -0.25) is 4.79 Å². The molecule has 30 heavy (non-hydrogen) atoms. The van der Waals surface area contributed by atoms with Crippen LogP contribution < -0.4 is 10.5 Å². The number of aromatic amines is 1. The number of nitrogens with one attached hydrogen (secondary N) is 2. The summed E-state index contributed by atoms with van der Waals surface area (Å²) in [5.41, 5.74) is 8.82. The lowest BCUT2D eigenvalue weighted by atomic mass is 10.0. The molecule has 0 saturated heterocycles. The average molecular weight is 452 g/mol. The summed E-state index contributed by atoms with van der Waals surface area (Å²) >= 11 is 6.37. The molecule has 0 aliphatic rings. The third-order valence-electron chi connectivity index (χ3n) is 4.50. The number of aromatic nitrogens is 2. The van der Waals surface area contributed by atoms with Crippen molar-refractivity contribution in [1.29, 1.82) is 0 Å². The smallest absolute Gasteiger partial charge is 0.269 e. The Hall–Kier alpha value is -2.82. The number of hydrogen-bond donors (Lipinski definition) is 3. The summed E-state index contributed by atoms with van der Waals surface area (Å²) in [5.74, 6) is 0.356. The SMILES string of the molecule is CCS(=O)(=O)NCc1ccc(-c2c(N)noc2-c2c[nH]c(C(=O)N(C)C)c2)cc1Cl. The Kier molecular flexibility index (Phi) is 6.20. The van der Waals surface area contributed by atoms with Gasteiger partial charge in [-0.1, -0.05) is 28.9 Å². The molecule has 0 atom stereocenters. The van der Waals surface area contributed by atoms with Gasteiger partial charge in [-0.05, 0) is 30.2 Å². The summed E-state index contributed by atoms with van der Waals surface area (Å²) in [4.78, 5) is 16.5. The molecule has 3 rings (SSSR count). The van der Waals surface area contributed by atoms with Gasteiger partial charge in [-0.2, -0.15) is 0 Å². The van der Waals surface area contributed by atoms with Crippen molar-refractivity contribution in [2.24, 2.45) is 0 Å². The van der Waals surface area contributed by atoms with Crippen LogP contribution in [0.2, 0.25) is 5.02 Å². The predicted molar refractivity (Wildman–Crippen MR) is 115 cm³/mol. The number of benzene rings is 1. The first-order valence-electron chi connectivity index (χ1n) is 9.04. The highest BCUT2D eigenvalue weighted by Gasteiger charge is 2.21. The summed E-state index contributed by atoms with van der Waals surface area (Å²) in [6.45, 7) is 1.64. The molecule has 9 nitrogen and oxygen atoms in total. The predicted octanol–water partition coefficient (Wildman–Crippen LogP) is 2.71. The van der Waals surface area contributed by atoms with Gasteiger partial charge in [0, 0.05) is 37.4 Å². The second-order valence-corrected chi connectivity index (χ2v) is 9.31. The molecule has 2 aromatic heterocycles. The van der Waals surface area contributed by atoms with E-state index in [0.717, 1.165) is 0 Å². The van der Waals surface area contributed by atoms with Gasteiger partial charge in [0.25, 0.3) is 5.91 Å². The first kappa shape index (κ1) is 21.9. The number of carbonyl (C=O) groups excluding carboxylic acids is 1. The molecule has 1 aromatic carbocycles. The van der Waals surface area contributed by atoms with E-state index in [-0.39, 0.29) is 24.0 Å². The Balaban J connectivity index is 1.93. The van der Waals surface area contributed by atoms with E-state index in [0.29, 0.717) is 38.7 Å². The van der Waals surface area contributed by atoms with Gasteiger partial charge >= 0.3 is 0 Å². The number of rotatable bonds is 7. The Bertz CT molecular complexity index is 1180. The lowest BCUT2D eigenvalue weighted by molar-refractivity contribution is 0.0822. The molecule has 0 radical (unpaired) electrons. The maximum Gasteiger partial charge on any atom is 0.269 e. The Morgan fingerprint density at radius 1 is 1.30 bits per heavy atom. The molecular weight excluding hydrogens is 430 g/mol. The summed E-state index contributed by atoms with van der Waals surface area (Å²) in [6, 6.07) is 6.79. The van der Waals surface area contributed by atoms with Gasteiger partial charge in [0.05, 0.1) is 11.3 Å². The van der Waals surface area contributed by atoms with Crippen molar-refractivity contribution in [2.45, 2.75) is 13.5 Å². The number of nitrogens with zero attached hydrogens (tertiary/aromatic N) is 2. The van der Waals surface area contributed by atoms with Crippen LogP contribution in [0.3, 0.4) is 0 Å². The fraction of sp³-hybridized carbons (Fsp3) is 0.263. The highest BCUT2D eigenvalue weighted by Crippen LogP contribution is 2.38. The van der Waals surface area contributed by atoms with E-state index in [1.54, 1.807) is 51.5 Å². The lowest BCUT2D eigenvalue weighted by Gasteiger charge is -2.09. The highest BCUT2D eigenvalue weighted by molar-refractivity contribution is 7.89. The molecule has 0 saturated carbocycles. The highest BCUT2D eigenvalue weighted by atomic mass is 35.5. The number of nitrogens with two attached hydrogens (primary N) is 1. The van der Waals surface area contributed by atoms with Crippen LogP contribution in [0, 0.1) is 0 Å². The summed E-state index contributed by atoms with van der Waals surface area (Å²) in [6.07, 6.45) is 1.63. The number of sulfonamides is 1. The van der Waals surface area contributed by atoms with Crippen LogP contribution in [0.5, 0.6) is 0 Å². The summed E-state index contributed by atoms with van der Waals surface area (Å²) in [7, 11) is -0.0210. The van der Waals surface area contributed by atoms with Gasteiger partial charge < -0.3 is 20.1 Å². The molecule has 0 aliphatic carbocycles. The van der Waals surface area contributed by atoms with E-state index in [9.17, 15) is 13.2 Å². The molecule has 0 fully saturated rings. The number of H-pyrrole nitrogens is 1. The lowest BCUT2D eigenvalue weighted by Crippen LogP contribution is -2.24. The van der Waals surface area contributed by atoms with Crippen molar-refractivity contribution in [2.75, 3.05) is 25.6 Å². The number of halogens is 1. The zero-order chi connectivity index (χ0) is 22.1. The minimum Gasteiger partial charge on any atom is -0.380 e. The van der Waals surface area contributed by atoms with Crippen molar-refractivity contribution in [1.82, 2.24) is 19.8 Å². The third kappa shape index (κ3) is 4.50. The van der Waals surface area contributed by atoms with E-state index in [2.05, 4.69) is 14.9 Å². The second kappa shape index (κ2) is 8.50. The maximum absolute atomic E-state index is 12.1. The maximum atomic E-state index is 12.1. The van der Waals surface area contributed by atoms with Crippen molar-refractivity contribution in [3.63, 3.8) is 0 Å². The molecule has 2 heterocycles. The first-order chi connectivity index (χ1) is 14.1. The molecule has 0 aliphatic heterocycles. The van der Waals surface area contributed by atoms with Gasteiger partial charge in [0.1, 0.15) is 5.69 Å². The molecule has 0 spiro atoms. The Morgan fingerprint density at radius 2 is 2.03 bits per heavy atom. The van der Waals surface area contributed by atoms with Crippen LogP contribution in [0.25, 0.3) is 22.5 Å². The zero-order valence-corrected chi connectivity index (χ0v) is 18.3. The van der Waals surface area contributed by atoms with E-state index >= 15 is 0 Å². The largest absolute Gasteiger partial charge is 0.380 e. The molecular formula is C19H22ClN5O4S. The van der Waals surface area contributed by atoms with Crippen LogP contribution >= 0.6 is 11.6 Å². The number of amides is 1. The van der Waals surface area contributed by atoms with Gasteiger partial charge in [-0.15, -0.1) is 0 Å². The van der Waals surface area contributed by atoms with Crippen LogP contribution in [0.4, 0.5) is 5.82 Å². The summed E-state index contributed by atoms with van der Waals surface area (Å²) in [5, 5.41) is 4.22. The average Bonchev–Trinajstić information content (AvgIpc) is 3.33. The topological polar surface area (TPSA) is 134 Å². The van der Waals surface area contributed by atoms with Crippen LogP contribution in [-0.4, -0.2) is 49.2 Å². The fourth-order valence-electron chi connectivity index (χ4n) is 2.80. The first-order valence-corrected chi connectivity index (χ1v) is 11.1. The Labute approximate surface area is 179 Å². The quantitative estimate of drug-likeness (QED) is 0.505. The second-order valence-electron chi connectivity index (χ2n) is 6.80. The van der Waals surface area contributed by atoms with E-state index in [1.807, 2.05) is 0 Å². The zero-order valence-electron chi connectivity index (χ0n) is 16.7. The van der Waals surface area contributed by atoms with Gasteiger partial charge in [0.2, 0.25) is 10.0 Å². The molecule has 3 aromatic rings. The number of nitrogen functional groups attached to an aromatic ring is 1. The normalized spacial score (nSPS) is 11.6. The van der Waals surface area contributed by atoms with Crippen molar-refractivity contribution in [3.8, 4) is 22.5 Å². The van der Waals surface area contributed by atoms with E-state index in [4.69, 9.17) is 21.9 Å². The minimum absolute atomic E-state index is 0.0156.